The summed E-state index contributed by atoms with van der Waals surface area (Å²) in [5, 5.41) is 3.42. The fraction of sp³-hybridized carbons (Fsp3) is 0.478. The molecule has 2 aliphatic rings. The van der Waals surface area contributed by atoms with E-state index in [1.54, 1.807) is 6.20 Å². The van der Waals surface area contributed by atoms with Crippen molar-refractivity contribution in [3.63, 3.8) is 0 Å². The quantitative estimate of drug-likeness (QED) is 0.831. The van der Waals surface area contributed by atoms with Crippen molar-refractivity contribution in [2.24, 2.45) is 5.92 Å². The van der Waals surface area contributed by atoms with Crippen molar-refractivity contribution in [3.8, 4) is 0 Å². The van der Waals surface area contributed by atoms with Gasteiger partial charge in [-0.2, -0.15) is 0 Å². The van der Waals surface area contributed by atoms with E-state index >= 15 is 0 Å². The number of amides is 1. The summed E-state index contributed by atoms with van der Waals surface area (Å²) in [6, 6.07) is 15.0. The van der Waals surface area contributed by atoms with Gasteiger partial charge in [0.15, 0.2) is 0 Å². The number of halogens is 1. The summed E-state index contributed by atoms with van der Waals surface area (Å²) in [6.07, 6.45) is 9.10. The molecule has 1 unspecified atom stereocenters. The van der Waals surface area contributed by atoms with Crippen molar-refractivity contribution >= 4 is 18.3 Å². The lowest BCUT2D eigenvalue weighted by molar-refractivity contribution is -0.135. The van der Waals surface area contributed by atoms with E-state index in [9.17, 15) is 4.79 Å². The molecule has 1 aliphatic carbocycles. The third-order valence-corrected chi connectivity index (χ3v) is 6.21. The summed E-state index contributed by atoms with van der Waals surface area (Å²) in [4.78, 5) is 19.4. The predicted molar refractivity (Wildman–Crippen MR) is 115 cm³/mol. The summed E-state index contributed by atoms with van der Waals surface area (Å²) >= 11 is 0. The molecule has 0 radical (unpaired) electrons. The second-order valence-corrected chi connectivity index (χ2v) is 7.93. The highest BCUT2D eigenvalue weighted by Crippen LogP contribution is 2.37. The molecule has 1 amide bonds. The molecule has 2 fully saturated rings. The molecule has 1 saturated heterocycles. The lowest BCUT2D eigenvalue weighted by atomic mass is 9.77. The molecule has 1 saturated carbocycles. The molecule has 4 rings (SSSR count). The summed E-state index contributed by atoms with van der Waals surface area (Å²) < 4.78 is 0. The minimum absolute atomic E-state index is 0. The Morgan fingerprint density at radius 2 is 1.79 bits per heavy atom. The Morgan fingerprint density at radius 1 is 1.04 bits per heavy atom. The first-order valence-corrected chi connectivity index (χ1v) is 10.3. The van der Waals surface area contributed by atoms with Gasteiger partial charge in [0.25, 0.3) is 0 Å². The van der Waals surface area contributed by atoms with E-state index in [1.165, 1.54) is 18.4 Å². The summed E-state index contributed by atoms with van der Waals surface area (Å²) in [5.41, 5.74) is 2.59. The van der Waals surface area contributed by atoms with Crippen molar-refractivity contribution in [1.29, 1.82) is 0 Å². The number of nitrogens with zero attached hydrogens (tertiary/aromatic N) is 2. The van der Waals surface area contributed by atoms with Crippen LogP contribution in [0.15, 0.2) is 54.9 Å². The van der Waals surface area contributed by atoms with Crippen LogP contribution in [-0.4, -0.2) is 35.4 Å². The van der Waals surface area contributed by atoms with Gasteiger partial charge in [0.05, 0.1) is 6.04 Å². The van der Waals surface area contributed by atoms with Crippen molar-refractivity contribution in [3.05, 3.63) is 66.0 Å². The maximum absolute atomic E-state index is 13.1. The number of piperazine rings is 1. The maximum Gasteiger partial charge on any atom is 0.223 e. The third-order valence-electron chi connectivity index (χ3n) is 6.21. The van der Waals surface area contributed by atoms with Crippen LogP contribution < -0.4 is 5.32 Å². The van der Waals surface area contributed by atoms with Gasteiger partial charge in [-0.15, -0.1) is 12.4 Å². The molecule has 1 aromatic carbocycles. The smallest absolute Gasteiger partial charge is 0.223 e. The Kier molecular flexibility index (Phi) is 7.46. The number of benzene rings is 1. The highest BCUT2D eigenvalue weighted by molar-refractivity contribution is 5.85. The molecule has 28 heavy (non-hydrogen) atoms. The van der Waals surface area contributed by atoms with Crippen molar-refractivity contribution in [1.82, 2.24) is 15.2 Å². The van der Waals surface area contributed by atoms with Crippen molar-refractivity contribution < 1.29 is 4.79 Å². The van der Waals surface area contributed by atoms with Crippen molar-refractivity contribution in [2.45, 2.75) is 44.1 Å². The number of carbonyl (C=O) groups excluding carboxylic acids is 1. The Balaban J connectivity index is 0.00000225. The zero-order chi connectivity index (χ0) is 18.5. The standard InChI is InChI=1S/C23H29N3O.ClH/c27-23(26-14-13-25-17-22(26)21-7-4-12-24-16-21)15-18-8-10-20(11-9-18)19-5-2-1-3-6-19;/h1-7,12,16,18,20,22,25H,8-11,13-15,17H2;1H. The lowest BCUT2D eigenvalue weighted by Gasteiger charge is -2.38. The molecule has 1 aromatic heterocycles. The zero-order valence-corrected chi connectivity index (χ0v) is 17.1. The average molecular weight is 400 g/mol. The SMILES string of the molecule is Cl.O=C(CC1CCC(c2ccccc2)CC1)N1CCNCC1c1cccnc1. The van der Waals surface area contributed by atoms with Gasteiger partial charge < -0.3 is 10.2 Å². The number of hydrogen-bond donors (Lipinski definition) is 1. The van der Waals surface area contributed by atoms with Gasteiger partial charge in [-0.25, -0.2) is 0 Å². The minimum Gasteiger partial charge on any atom is -0.333 e. The zero-order valence-electron chi connectivity index (χ0n) is 16.3. The maximum atomic E-state index is 13.1. The van der Waals surface area contributed by atoms with Gasteiger partial charge in [-0.05, 0) is 54.7 Å². The third kappa shape index (κ3) is 4.92. The second kappa shape index (κ2) is 10.0. The molecule has 0 spiro atoms. The van der Waals surface area contributed by atoms with Gasteiger partial charge >= 0.3 is 0 Å². The summed E-state index contributed by atoms with van der Waals surface area (Å²) in [7, 11) is 0. The van der Waals surface area contributed by atoms with Crippen LogP contribution in [0.2, 0.25) is 0 Å². The van der Waals surface area contributed by atoms with Crippen LogP contribution in [0.4, 0.5) is 0 Å². The lowest BCUT2D eigenvalue weighted by Crippen LogP contribution is -2.49. The van der Waals surface area contributed by atoms with Crippen LogP contribution in [0.25, 0.3) is 0 Å². The fourth-order valence-corrected chi connectivity index (χ4v) is 4.66. The van der Waals surface area contributed by atoms with Crippen LogP contribution in [0, 0.1) is 5.92 Å². The van der Waals surface area contributed by atoms with Gasteiger partial charge in [0.2, 0.25) is 5.91 Å². The van der Waals surface area contributed by atoms with E-state index in [2.05, 4.69) is 51.6 Å². The average Bonchev–Trinajstić information content (AvgIpc) is 2.75. The van der Waals surface area contributed by atoms with E-state index in [-0.39, 0.29) is 18.4 Å². The monoisotopic (exact) mass is 399 g/mol. The van der Waals surface area contributed by atoms with Gasteiger partial charge in [0, 0.05) is 38.4 Å². The first-order chi connectivity index (χ1) is 13.3. The minimum atomic E-state index is 0. The van der Waals surface area contributed by atoms with E-state index in [1.807, 2.05) is 12.3 Å². The van der Waals surface area contributed by atoms with E-state index < -0.39 is 0 Å². The molecule has 2 aromatic rings. The Labute approximate surface area is 174 Å². The Hall–Kier alpha value is -1.91. The van der Waals surface area contributed by atoms with E-state index in [0.717, 1.165) is 38.0 Å². The first-order valence-electron chi connectivity index (χ1n) is 10.3. The molecule has 150 valence electrons. The van der Waals surface area contributed by atoms with Crippen LogP contribution in [0.1, 0.15) is 55.2 Å². The normalized spacial score (nSPS) is 25.0. The molecule has 1 aliphatic heterocycles. The number of nitrogens with one attached hydrogen (secondary N) is 1. The molecular formula is C23H30ClN3O. The highest BCUT2D eigenvalue weighted by atomic mass is 35.5. The molecule has 1 atom stereocenters. The second-order valence-electron chi connectivity index (χ2n) is 7.93. The summed E-state index contributed by atoms with van der Waals surface area (Å²) in [5.74, 6) is 1.51. The number of carbonyl (C=O) groups is 1. The predicted octanol–water partition coefficient (Wildman–Crippen LogP) is 4.34. The number of pyridine rings is 1. The first kappa shape index (κ1) is 20.8. The van der Waals surface area contributed by atoms with Crippen LogP contribution in [0.3, 0.4) is 0 Å². The number of aromatic nitrogens is 1. The molecule has 4 nitrogen and oxygen atoms in total. The Bertz CT molecular complexity index is 732. The molecule has 2 heterocycles. The molecular weight excluding hydrogens is 370 g/mol. The van der Waals surface area contributed by atoms with Crippen molar-refractivity contribution in [2.75, 3.05) is 19.6 Å². The fourth-order valence-electron chi connectivity index (χ4n) is 4.66. The molecule has 0 bridgehead atoms. The number of hydrogen-bond acceptors (Lipinski definition) is 3. The van der Waals surface area contributed by atoms with Gasteiger partial charge in [-0.3, -0.25) is 9.78 Å². The van der Waals surface area contributed by atoms with E-state index in [4.69, 9.17) is 0 Å². The number of rotatable bonds is 4. The molecule has 1 N–H and O–H groups in total. The van der Waals surface area contributed by atoms with Gasteiger partial charge in [0.1, 0.15) is 0 Å². The highest BCUT2D eigenvalue weighted by Gasteiger charge is 2.31. The van der Waals surface area contributed by atoms with E-state index in [0.29, 0.717) is 24.2 Å². The Morgan fingerprint density at radius 3 is 2.50 bits per heavy atom. The summed E-state index contributed by atoms with van der Waals surface area (Å²) in [6.45, 7) is 2.49. The largest absolute Gasteiger partial charge is 0.333 e. The molecule has 5 heteroatoms. The van der Waals surface area contributed by atoms with Gasteiger partial charge in [-0.1, -0.05) is 36.4 Å². The van der Waals surface area contributed by atoms with Crippen LogP contribution in [0.5, 0.6) is 0 Å². The topological polar surface area (TPSA) is 45.2 Å². The van der Waals surface area contributed by atoms with Crippen LogP contribution in [-0.2, 0) is 4.79 Å². The van der Waals surface area contributed by atoms with Crippen LogP contribution >= 0.6 is 12.4 Å².